The van der Waals surface area contributed by atoms with Crippen LogP contribution in [0.2, 0.25) is 0 Å². The molecule has 0 aromatic rings. The van der Waals surface area contributed by atoms with Crippen molar-refractivity contribution in [1.82, 2.24) is 5.32 Å². The maximum Gasteiger partial charge on any atom is 0.0434 e. The van der Waals surface area contributed by atoms with Gasteiger partial charge in [-0.25, -0.2) is 0 Å². The summed E-state index contributed by atoms with van der Waals surface area (Å²) in [4.78, 5) is 0. The largest absolute Gasteiger partial charge is 0.396 e. The fourth-order valence-corrected chi connectivity index (χ4v) is 1.17. The van der Waals surface area contributed by atoms with Gasteiger partial charge in [0.05, 0.1) is 0 Å². The zero-order chi connectivity index (χ0) is 9.23. The number of aliphatic hydroxyl groups excluding tert-OH is 1. The molecule has 0 spiro atoms. The van der Waals surface area contributed by atoms with Crippen molar-refractivity contribution in [3.63, 3.8) is 0 Å². The molecule has 0 bridgehead atoms. The molecule has 0 rings (SSSR count). The highest BCUT2D eigenvalue weighted by atomic mass is 16.3. The number of hydrogen-bond acceptors (Lipinski definition) is 3. The Kier molecular flexibility index (Phi) is 8.88. The van der Waals surface area contributed by atoms with Gasteiger partial charge in [-0.15, -0.1) is 0 Å². The number of rotatable bonds is 8. The summed E-state index contributed by atoms with van der Waals surface area (Å²) >= 11 is 0. The minimum absolute atomic E-state index is 0.303. The summed E-state index contributed by atoms with van der Waals surface area (Å²) in [6, 6.07) is 0. The van der Waals surface area contributed by atoms with E-state index in [1.807, 2.05) is 0 Å². The van der Waals surface area contributed by atoms with Crippen molar-refractivity contribution in [1.29, 1.82) is 0 Å². The van der Waals surface area contributed by atoms with Crippen LogP contribution in [0.25, 0.3) is 0 Å². The van der Waals surface area contributed by atoms with Gasteiger partial charge >= 0.3 is 0 Å². The first-order valence-electron chi connectivity index (χ1n) is 4.86. The average Bonchev–Trinajstić information content (AvgIpc) is 2.10. The summed E-state index contributed by atoms with van der Waals surface area (Å²) in [5.41, 5.74) is 5.36. The van der Waals surface area contributed by atoms with E-state index in [1.165, 1.54) is 0 Å². The Bertz CT molecular complexity index is 88.6. The normalized spacial score (nSPS) is 13.2. The van der Waals surface area contributed by atoms with Gasteiger partial charge in [0.15, 0.2) is 0 Å². The summed E-state index contributed by atoms with van der Waals surface area (Å²) in [6.07, 6.45) is 3.08. The molecule has 0 amide bonds. The summed E-state index contributed by atoms with van der Waals surface area (Å²) < 4.78 is 0. The van der Waals surface area contributed by atoms with Crippen LogP contribution in [0.5, 0.6) is 0 Å². The topological polar surface area (TPSA) is 58.3 Å². The molecule has 0 saturated carbocycles. The van der Waals surface area contributed by atoms with E-state index in [0.29, 0.717) is 12.5 Å². The minimum Gasteiger partial charge on any atom is -0.396 e. The zero-order valence-corrected chi connectivity index (χ0v) is 8.05. The van der Waals surface area contributed by atoms with Crippen LogP contribution in [-0.4, -0.2) is 31.3 Å². The molecular formula is C9H22N2O. The summed E-state index contributed by atoms with van der Waals surface area (Å²) in [7, 11) is 0. The lowest BCUT2D eigenvalue weighted by molar-refractivity contribution is 0.251. The first-order valence-corrected chi connectivity index (χ1v) is 4.86. The van der Waals surface area contributed by atoms with E-state index in [1.54, 1.807) is 0 Å². The molecule has 3 nitrogen and oxygen atoms in total. The van der Waals surface area contributed by atoms with E-state index in [9.17, 15) is 0 Å². The van der Waals surface area contributed by atoms with Crippen molar-refractivity contribution in [2.75, 3.05) is 26.2 Å². The molecule has 0 fully saturated rings. The third-order valence-corrected chi connectivity index (χ3v) is 2.11. The molecule has 1 unspecified atom stereocenters. The Morgan fingerprint density at radius 2 is 2.25 bits per heavy atom. The molecule has 0 aromatic carbocycles. The smallest absolute Gasteiger partial charge is 0.0434 e. The molecule has 4 N–H and O–H groups in total. The van der Waals surface area contributed by atoms with Gasteiger partial charge in [0.1, 0.15) is 0 Å². The Morgan fingerprint density at radius 3 is 2.75 bits per heavy atom. The van der Waals surface area contributed by atoms with Crippen molar-refractivity contribution in [3.05, 3.63) is 0 Å². The van der Waals surface area contributed by atoms with Crippen LogP contribution in [0.15, 0.2) is 0 Å². The third kappa shape index (κ3) is 6.58. The second-order valence-corrected chi connectivity index (χ2v) is 3.13. The van der Waals surface area contributed by atoms with E-state index in [-0.39, 0.29) is 0 Å². The third-order valence-electron chi connectivity index (χ3n) is 2.11. The Labute approximate surface area is 75.3 Å². The molecule has 0 radical (unpaired) electrons. The van der Waals surface area contributed by atoms with Gasteiger partial charge in [-0.1, -0.05) is 13.3 Å². The van der Waals surface area contributed by atoms with Crippen molar-refractivity contribution >= 4 is 0 Å². The standard InChI is InChI=1S/C9H22N2O/c1-2-9(4-7-12)8-11-6-3-5-10/h9,11-12H,2-8,10H2,1H3. The van der Waals surface area contributed by atoms with Crippen LogP contribution in [0.1, 0.15) is 26.2 Å². The quantitative estimate of drug-likeness (QED) is 0.465. The maximum atomic E-state index is 8.72. The Hall–Kier alpha value is -0.120. The van der Waals surface area contributed by atoms with Crippen molar-refractivity contribution in [2.45, 2.75) is 26.2 Å². The average molecular weight is 174 g/mol. The van der Waals surface area contributed by atoms with Crippen LogP contribution in [0, 0.1) is 5.92 Å². The van der Waals surface area contributed by atoms with Crippen LogP contribution < -0.4 is 11.1 Å². The maximum absolute atomic E-state index is 8.72. The van der Waals surface area contributed by atoms with Crippen LogP contribution >= 0.6 is 0 Å². The molecule has 0 aromatic heterocycles. The molecule has 1 atom stereocenters. The predicted molar refractivity (Wildman–Crippen MR) is 52.0 cm³/mol. The van der Waals surface area contributed by atoms with Crippen molar-refractivity contribution in [2.24, 2.45) is 11.7 Å². The van der Waals surface area contributed by atoms with E-state index >= 15 is 0 Å². The lowest BCUT2D eigenvalue weighted by atomic mass is 10.0. The monoisotopic (exact) mass is 174 g/mol. The van der Waals surface area contributed by atoms with E-state index < -0.39 is 0 Å². The highest BCUT2D eigenvalue weighted by Gasteiger charge is 2.03. The molecule has 0 aliphatic carbocycles. The predicted octanol–water partition coefficient (Wildman–Crippen LogP) is 0.333. The van der Waals surface area contributed by atoms with Gasteiger partial charge in [-0.05, 0) is 38.4 Å². The van der Waals surface area contributed by atoms with E-state index in [4.69, 9.17) is 10.8 Å². The fourth-order valence-electron chi connectivity index (χ4n) is 1.17. The summed E-state index contributed by atoms with van der Waals surface area (Å²) in [5, 5.41) is 12.1. The van der Waals surface area contributed by atoms with Gasteiger partial charge in [0, 0.05) is 6.61 Å². The van der Waals surface area contributed by atoms with Crippen LogP contribution in [0.4, 0.5) is 0 Å². The first-order chi connectivity index (χ1) is 5.85. The summed E-state index contributed by atoms with van der Waals surface area (Å²) in [5.74, 6) is 0.618. The van der Waals surface area contributed by atoms with Gasteiger partial charge in [0.2, 0.25) is 0 Å². The molecule has 3 heteroatoms. The number of hydrogen-bond donors (Lipinski definition) is 3. The fraction of sp³-hybridized carbons (Fsp3) is 1.00. The first kappa shape index (κ1) is 11.9. The molecular weight excluding hydrogens is 152 g/mol. The van der Waals surface area contributed by atoms with Gasteiger partial charge in [-0.3, -0.25) is 0 Å². The molecule has 74 valence electrons. The zero-order valence-electron chi connectivity index (χ0n) is 8.05. The number of aliphatic hydroxyl groups is 1. The van der Waals surface area contributed by atoms with Crippen molar-refractivity contribution < 1.29 is 5.11 Å². The van der Waals surface area contributed by atoms with Gasteiger partial charge in [-0.2, -0.15) is 0 Å². The van der Waals surface area contributed by atoms with Gasteiger partial charge < -0.3 is 16.2 Å². The lowest BCUT2D eigenvalue weighted by Gasteiger charge is -2.13. The molecule has 0 heterocycles. The molecule has 0 aliphatic heterocycles. The Morgan fingerprint density at radius 1 is 1.50 bits per heavy atom. The number of nitrogens with one attached hydrogen (secondary N) is 1. The Balaban J connectivity index is 3.19. The van der Waals surface area contributed by atoms with Gasteiger partial charge in [0.25, 0.3) is 0 Å². The highest BCUT2D eigenvalue weighted by molar-refractivity contribution is 4.60. The lowest BCUT2D eigenvalue weighted by Crippen LogP contribution is -2.25. The summed E-state index contributed by atoms with van der Waals surface area (Å²) in [6.45, 7) is 5.22. The van der Waals surface area contributed by atoms with Crippen LogP contribution in [-0.2, 0) is 0 Å². The van der Waals surface area contributed by atoms with E-state index in [2.05, 4.69) is 12.2 Å². The second kappa shape index (κ2) is 8.97. The number of nitrogens with two attached hydrogens (primary N) is 1. The molecule has 0 aliphatic rings. The van der Waals surface area contributed by atoms with E-state index in [0.717, 1.165) is 38.9 Å². The SMILES string of the molecule is CCC(CCO)CNCCCN. The molecule has 0 saturated heterocycles. The van der Waals surface area contributed by atoms with Crippen molar-refractivity contribution in [3.8, 4) is 0 Å². The minimum atomic E-state index is 0.303. The highest BCUT2D eigenvalue weighted by Crippen LogP contribution is 2.04. The molecule has 12 heavy (non-hydrogen) atoms. The second-order valence-electron chi connectivity index (χ2n) is 3.13. The van der Waals surface area contributed by atoms with Crippen LogP contribution in [0.3, 0.4) is 0 Å².